The number of halogens is 7. The third kappa shape index (κ3) is 5.33. The van der Waals surface area contributed by atoms with Gasteiger partial charge >= 0.3 is 6.18 Å². The van der Waals surface area contributed by atoms with E-state index in [1.165, 1.54) is 47.1 Å². The Balaban J connectivity index is 1.59. The largest absolute Gasteiger partial charge is 0.489 e. The third-order valence-electron chi connectivity index (χ3n) is 5.92. The van der Waals surface area contributed by atoms with Crippen molar-refractivity contribution in [3.05, 3.63) is 117 Å². The molecule has 10 heteroatoms. The van der Waals surface area contributed by atoms with Crippen LogP contribution < -0.4 is 4.74 Å². The monoisotopic (exact) mass is 562 g/mol. The normalized spacial score (nSPS) is 11.8. The van der Waals surface area contributed by atoms with Gasteiger partial charge in [0.1, 0.15) is 29.5 Å². The molecule has 0 unspecified atom stereocenters. The molecule has 0 N–H and O–H groups in total. The molecule has 38 heavy (non-hydrogen) atoms. The smallest absolute Gasteiger partial charge is 0.418 e. The zero-order valence-electron chi connectivity index (χ0n) is 19.4. The van der Waals surface area contributed by atoms with E-state index in [0.29, 0.717) is 27.6 Å². The number of hydrogen-bond donors (Lipinski definition) is 0. The van der Waals surface area contributed by atoms with Crippen molar-refractivity contribution in [3.8, 4) is 17.0 Å². The van der Waals surface area contributed by atoms with Gasteiger partial charge in [0.05, 0.1) is 17.8 Å². The van der Waals surface area contributed by atoms with Crippen LogP contribution >= 0.6 is 23.2 Å². The van der Waals surface area contributed by atoms with E-state index in [-0.39, 0.29) is 34.6 Å². The summed E-state index contributed by atoms with van der Waals surface area (Å²) in [6, 6.07) is 18.4. The van der Waals surface area contributed by atoms with Crippen molar-refractivity contribution in [2.24, 2.45) is 0 Å². The molecule has 0 spiro atoms. The van der Waals surface area contributed by atoms with Crippen LogP contribution in [0.5, 0.6) is 5.75 Å². The van der Waals surface area contributed by atoms with Crippen molar-refractivity contribution >= 4 is 34.1 Å². The molecule has 194 valence electrons. The summed E-state index contributed by atoms with van der Waals surface area (Å²) in [4.78, 5) is 0. The highest BCUT2D eigenvalue weighted by atomic mass is 35.5. The Kier molecular flexibility index (Phi) is 7.03. The van der Waals surface area contributed by atoms with E-state index in [0.717, 1.165) is 12.1 Å². The number of rotatable bonds is 6. The van der Waals surface area contributed by atoms with Crippen molar-refractivity contribution < 1.29 is 26.7 Å². The number of aromatic nitrogens is 2. The van der Waals surface area contributed by atoms with E-state index in [2.05, 4.69) is 5.10 Å². The lowest BCUT2D eigenvalue weighted by Crippen LogP contribution is -2.07. The second-order valence-electron chi connectivity index (χ2n) is 8.49. The minimum absolute atomic E-state index is 0.0335. The summed E-state index contributed by atoms with van der Waals surface area (Å²) >= 11 is 12.0. The average Bonchev–Trinajstić information content (AvgIpc) is 3.24. The molecule has 4 aromatic carbocycles. The van der Waals surface area contributed by atoms with E-state index in [4.69, 9.17) is 27.9 Å². The molecule has 1 aromatic heterocycles. The maximum absolute atomic E-state index is 14.6. The molecular formula is C28H17Cl2F5N2O. The van der Waals surface area contributed by atoms with Crippen molar-refractivity contribution in [1.82, 2.24) is 9.78 Å². The van der Waals surface area contributed by atoms with Crippen molar-refractivity contribution in [2.45, 2.75) is 19.3 Å². The number of hydrogen-bond acceptors (Lipinski definition) is 2. The zero-order chi connectivity index (χ0) is 27.0. The minimum Gasteiger partial charge on any atom is -0.489 e. The molecule has 0 radical (unpaired) electrons. The number of fused-ring (bicyclic) bond motifs is 1. The van der Waals surface area contributed by atoms with Gasteiger partial charge in [-0.1, -0.05) is 53.5 Å². The Bertz CT molecular complexity index is 1650. The van der Waals surface area contributed by atoms with Gasteiger partial charge in [0.25, 0.3) is 0 Å². The van der Waals surface area contributed by atoms with E-state index in [9.17, 15) is 22.0 Å². The number of nitrogens with zero attached hydrogens (tertiary/aromatic N) is 2. The number of benzene rings is 4. The van der Waals surface area contributed by atoms with Gasteiger partial charge in [-0.2, -0.15) is 18.3 Å². The Hall–Kier alpha value is -3.62. The predicted octanol–water partition coefficient (Wildman–Crippen LogP) is 8.93. The lowest BCUT2D eigenvalue weighted by molar-refractivity contribution is -0.136. The fraction of sp³-hybridized carbons (Fsp3) is 0.107. The molecule has 0 aliphatic carbocycles. The fourth-order valence-corrected chi connectivity index (χ4v) is 4.49. The third-order valence-corrected chi connectivity index (χ3v) is 6.52. The first-order valence-corrected chi connectivity index (χ1v) is 12.0. The van der Waals surface area contributed by atoms with E-state index >= 15 is 0 Å². The summed E-state index contributed by atoms with van der Waals surface area (Å²) in [5, 5.41) is 5.02. The van der Waals surface area contributed by atoms with E-state index < -0.39 is 23.4 Å². The Labute approximate surface area is 224 Å². The Morgan fingerprint density at radius 1 is 0.842 bits per heavy atom. The molecule has 0 amide bonds. The molecule has 0 aliphatic heterocycles. The highest BCUT2D eigenvalue weighted by molar-refractivity contribution is 6.31. The fourth-order valence-electron chi connectivity index (χ4n) is 4.16. The van der Waals surface area contributed by atoms with Gasteiger partial charge in [-0.15, -0.1) is 0 Å². The molecule has 3 nitrogen and oxygen atoms in total. The van der Waals surface area contributed by atoms with Gasteiger partial charge in [-0.05, 0) is 48.5 Å². The second kappa shape index (κ2) is 10.3. The van der Waals surface area contributed by atoms with Crippen LogP contribution in [0, 0.1) is 11.6 Å². The van der Waals surface area contributed by atoms with Gasteiger partial charge in [-0.3, -0.25) is 4.68 Å². The Morgan fingerprint density at radius 2 is 1.63 bits per heavy atom. The van der Waals surface area contributed by atoms with Crippen LogP contribution in [0.1, 0.15) is 16.7 Å². The molecule has 5 aromatic rings. The van der Waals surface area contributed by atoms with E-state index in [1.54, 1.807) is 24.3 Å². The SMILES string of the molecule is Fc1ccc(Cl)c(COc2cccc(-c3c4cccc(C(F)(F)F)c4nn3Cc3ccc(Cl)cc3F)c2)c1. The summed E-state index contributed by atoms with van der Waals surface area (Å²) < 4.78 is 76.8. The van der Waals surface area contributed by atoms with Gasteiger partial charge in [0.15, 0.2) is 0 Å². The van der Waals surface area contributed by atoms with Gasteiger partial charge in [0.2, 0.25) is 0 Å². The number of alkyl halides is 3. The van der Waals surface area contributed by atoms with E-state index in [1.807, 2.05) is 0 Å². The Morgan fingerprint density at radius 3 is 2.39 bits per heavy atom. The van der Waals surface area contributed by atoms with Crippen LogP contribution in [0.3, 0.4) is 0 Å². The van der Waals surface area contributed by atoms with Crippen molar-refractivity contribution in [2.75, 3.05) is 0 Å². The van der Waals surface area contributed by atoms with Crippen molar-refractivity contribution in [3.63, 3.8) is 0 Å². The van der Waals surface area contributed by atoms with Gasteiger partial charge in [0, 0.05) is 32.1 Å². The first kappa shape index (κ1) is 26.0. The topological polar surface area (TPSA) is 27.1 Å². The summed E-state index contributed by atoms with van der Waals surface area (Å²) in [5.74, 6) is -0.705. The molecule has 5 rings (SSSR count). The summed E-state index contributed by atoms with van der Waals surface area (Å²) in [5.41, 5.74) is 0.298. The summed E-state index contributed by atoms with van der Waals surface area (Å²) in [6.07, 6.45) is -4.64. The zero-order valence-corrected chi connectivity index (χ0v) is 20.9. The molecule has 1 heterocycles. The predicted molar refractivity (Wildman–Crippen MR) is 136 cm³/mol. The van der Waals surface area contributed by atoms with Crippen LogP contribution in [0.25, 0.3) is 22.2 Å². The van der Waals surface area contributed by atoms with Crippen LogP contribution in [-0.2, 0) is 19.3 Å². The molecule has 0 atom stereocenters. The maximum Gasteiger partial charge on any atom is 0.418 e. The summed E-state index contributed by atoms with van der Waals surface area (Å²) in [6.45, 7) is -0.178. The van der Waals surface area contributed by atoms with Crippen LogP contribution in [0.15, 0.2) is 78.9 Å². The molecule has 0 fully saturated rings. The average molecular weight is 563 g/mol. The van der Waals surface area contributed by atoms with Crippen LogP contribution in [0.2, 0.25) is 10.0 Å². The lowest BCUT2D eigenvalue weighted by atomic mass is 10.0. The molecule has 0 aliphatic rings. The minimum atomic E-state index is -4.64. The molecule has 0 bridgehead atoms. The first-order chi connectivity index (χ1) is 18.1. The maximum atomic E-state index is 14.6. The highest BCUT2D eigenvalue weighted by Gasteiger charge is 2.34. The van der Waals surface area contributed by atoms with Gasteiger partial charge < -0.3 is 4.74 Å². The van der Waals surface area contributed by atoms with Crippen molar-refractivity contribution in [1.29, 1.82) is 0 Å². The standard InChI is InChI=1S/C28H17Cl2F5N2O/c29-19-8-7-17(25(32)13-19)14-37-27(22-5-2-6-23(26(22)36-37)28(33,34)35)16-3-1-4-21(12-16)38-15-18-11-20(31)9-10-24(18)30/h1-13H,14-15H2. The summed E-state index contributed by atoms with van der Waals surface area (Å²) in [7, 11) is 0. The second-order valence-corrected chi connectivity index (χ2v) is 9.34. The molecule has 0 saturated heterocycles. The lowest BCUT2D eigenvalue weighted by Gasteiger charge is -2.12. The highest BCUT2D eigenvalue weighted by Crippen LogP contribution is 2.39. The van der Waals surface area contributed by atoms with Crippen LogP contribution in [0.4, 0.5) is 22.0 Å². The first-order valence-electron chi connectivity index (χ1n) is 11.3. The van der Waals surface area contributed by atoms with Gasteiger partial charge in [-0.25, -0.2) is 8.78 Å². The number of ether oxygens (including phenoxy) is 1. The molecular weight excluding hydrogens is 546 g/mol. The molecule has 0 saturated carbocycles. The van der Waals surface area contributed by atoms with Crippen LogP contribution in [-0.4, -0.2) is 9.78 Å². The quantitative estimate of drug-likeness (QED) is 0.193.